The molecule has 0 aromatic carbocycles. The number of hydrogen-bond acceptors (Lipinski definition) is 1. The van der Waals surface area contributed by atoms with E-state index in [1.54, 1.807) is 0 Å². The van der Waals surface area contributed by atoms with Gasteiger partial charge in [-0.3, -0.25) is 0 Å². The Bertz CT molecular complexity index is 213. The van der Waals surface area contributed by atoms with E-state index in [0.29, 0.717) is 0 Å². The Labute approximate surface area is 68.0 Å². The van der Waals surface area contributed by atoms with Crippen molar-refractivity contribution in [1.29, 1.82) is 0 Å². The Balaban J connectivity index is 2.22. The first kappa shape index (κ1) is 7.11. The van der Waals surface area contributed by atoms with Crippen molar-refractivity contribution in [2.45, 2.75) is 25.8 Å². The number of allylic oxidation sites excluding steroid dienone is 2. The minimum Gasteiger partial charge on any atom is -0.324 e. The predicted molar refractivity (Wildman–Crippen MR) is 47.1 cm³/mol. The second kappa shape index (κ2) is 2.21. The smallest absolute Gasteiger partial charge is 0.0319 e. The third-order valence-corrected chi connectivity index (χ3v) is 3.06. The molecule has 0 bridgehead atoms. The van der Waals surface area contributed by atoms with E-state index < -0.39 is 0 Å². The molecule has 1 saturated carbocycles. The topological polar surface area (TPSA) is 26.0 Å². The van der Waals surface area contributed by atoms with E-state index in [1.807, 2.05) is 0 Å². The summed E-state index contributed by atoms with van der Waals surface area (Å²) in [6, 6.07) is 0.236. The second-order valence-electron chi connectivity index (χ2n) is 3.91. The fourth-order valence-electron chi connectivity index (χ4n) is 1.88. The third-order valence-electron chi connectivity index (χ3n) is 3.06. The average Bonchev–Trinajstić information content (AvgIpc) is 2.77. The molecule has 0 aromatic heterocycles. The largest absolute Gasteiger partial charge is 0.324 e. The highest BCUT2D eigenvalue weighted by Gasteiger charge is 2.43. The molecule has 2 unspecified atom stereocenters. The van der Waals surface area contributed by atoms with Crippen LogP contribution in [0.3, 0.4) is 0 Å². The van der Waals surface area contributed by atoms with Gasteiger partial charge in [-0.2, -0.15) is 0 Å². The first-order valence-electron chi connectivity index (χ1n) is 4.35. The second-order valence-corrected chi connectivity index (χ2v) is 3.91. The molecule has 0 aliphatic heterocycles. The van der Waals surface area contributed by atoms with Gasteiger partial charge in [-0.05, 0) is 18.8 Å². The first-order chi connectivity index (χ1) is 5.23. The molecule has 1 heteroatoms. The van der Waals surface area contributed by atoms with Gasteiger partial charge in [-0.25, -0.2) is 0 Å². The first-order valence-corrected chi connectivity index (χ1v) is 4.35. The van der Waals surface area contributed by atoms with Gasteiger partial charge in [0.05, 0.1) is 0 Å². The zero-order valence-corrected chi connectivity index (χ0v) is 6.96. The number of hydrogen-bond donors (Lipinski definition) is 1. The van der Waals surface area contributed by atoms with Crippen LogP contribution in [0.5, 0.6) is 0 Å². The summed E-state index contributed by atoms with van der Waals surface area (Å²) in [7, 11) is 0. The van der Waals surface area contributed by atoms with Gasteiger partial charge in [0, 0.05) is 11.5 Å². The summed E-state index contributed by atoms with van der Waals surface area (Å²) in [6.07, 6.45) is 11.3. The summed E-state index contributed by atoms with van der Waals surface area (Å²) in [4.78, 5) is 0. The number of nitrogens with two attached hydrogens (primary N) is 1. The highest BCUT2D eigenvalue weighted by atomic mass is 14.7. The molecule has 2 N–H and O–H groups in total. The Morgan fingerprint density at radius 2 is 2.09 bits per heavy atom. The van der Waals surface area contributed by atoms with Crippen LogP contribution in [0.15, 0.2) is 24.3 Å². The lowest BCUT2D eigenvalue weighted by Gasteiger charge is -2.32. The fraction of sp³-hybridized carbons (Fsp3) is 0.600. The lowest BCUT2D eigenvalue weighted by Crippen LogP contribution is -2.39. The van der Waals surface area contributed by atoms with Gasteiger partial charge in [0.15, 0.2) is 0 Å². The molecule has 0 amide bonds. The van der Waals surface area contributed by atoms with Crippen LogP contribution in [0, 0.1) is 11.3 Å². The molecular formula is C10H15N. The highest BCUT2D eigenvalue weighted by Crippen LogP contribution is 2.49. The summed E-state index contributed by atoms with van der Waals surface area (Å²) < 4.78 is 0. The average molecular weight is 149 g/mol. The van der Waals surface area contributed by atoms with E-state index in [2.05, 4.69) is 31.2 Å². The normalized spacial score (nSPS) is 42.9. The third kappa shape index (κ3) is 1.04. The Kier molecular flexibility index (Phi) is 1.43. The van der Waals surface area contributed by atoms with Crippen molar-refractivity contribution in [3.05, 3.63) is 24.3 Å². The van der Waals surface area contributed by atoms with Crippen molar-refractivity contribution < 1.29 is 0 Å². The molecule has 2 atom stereocenters. The van der Waals surface area contributed by atoms with Gasteiger partial charge in [0.25, 0.3) is 0 Å². The maximum absolute atomic E-state index is 6.02. The summed E-state index contributed by atoms with van der Waals surface area (Å²) in [5.74, 6) is 0.846. The standard InChI is InChI=1S/C10H15N/c1-10(8-5-6-8)7-3-2-4-9(10)11/h2-4,7-9H,5-6,11H2,1H3. The Hall–Kier alpha value is -0.560. The van der Waals surface area contributed by atoms with E-state index in [4.69, 9.17) is 5.73 Å². The molecule has 0 heterocycles. The summed E-state index contributed by atoms with van der Waals surface area (Å²) >= 11 is 0. The Morgan fingerprint density at radius 1 is 1.36 bits per heavy atom. The monoisotopic (exact) mass is 149 g/mol. The maximum atomic E-state index is 6.02. The molecule has 2 rings (SSSR count). The fourth-order valence-corrected chi connectivity index (χ4v) is 1.88. The van der Waals surface area contributed by atoms with Gasteiger partial charge in [0.1, 0.15) is 0 Å². The molecular weight excluding hydrogens is 134 g/mol. The molecule has 11 heavy (non-hydrogen) atoms. The van der Waals surface area contributed by atoms with Crippen molar-refractivity contribution in [2.75, 3.05) is 0 Å². The molecule has 2 aliphatic rings. The molecule has 2 aliphatic carbocycles. The lowest BCUT2D eigenvalue weighted by atomic mass is 9.75. The predicted octanol–water partition coefficient (Wildman–Crippen LogP) is 1.86. The van der Waals surface area contributed by atoms with E-state index >= 15 is 0 Å². The van der Waals surface area contributed by atoms with Crippen molar-refractivity contribution in [3.63, 3.8) is 0 Å². The molecule has 60 valence electrons. The summed E-state index contributed by atoms with van der Waals surface area (Å²) in [5.41, 5.74) is 6.27. The molecule has 1 nitrogen and oxygen atoms in total. The lowest BCUT2D eigenvalue weighted by molar-refractivity contribution is 0.323. The molecule has 1 fully saturated rings. The van der Waals surface area contributed by atoms with Crippen LogP contribution >= 0.6 is 0 Å². The van der Waals surface area contributed by atoms with Gasteiger partial charge in [-0.1, -0.05) is 31.2 Å². The van der Waals surface area contributed by atoms with Gasteiger partial charge in [0.2, 0.25) is 0 Å². The summed E-state index contributed by atoms with van der Waals surface area (Å²) in [6.45, 7) is 2.27. The maximum Gasteiger partial charge on any atom is 0.0319 e. The van der Waals surface area contributed by atoms with Crippen LogP contribution in [-0.2, 0) is 0 Å². The van der Waals surface area contributed by atoms with Crippen LogP contribution in [0.2, 0.25) is 0 Å². The van der Waals surface area contributed by atoms with Crippen LogP contribution in [0.4, 0.5) is 0 Å². The zero-order chi connectivity index (χ0) is 7.90. The summed E-state index contributed by atoms with van der Waals surface area (Å²) in [5, 5.41) is 0. The van der Waals surface area contributed by atoms with E-state index in [0.717, 1.165) is 5.92 Å². The zero-order valence-electron chi connectivity index (χ0n) is 6.96. The molecule has 0 saturated heterocycles. The Morgan fingerprint density at radius 3 is 2.64 bits per heavy atom. The van der Waals surface area contributed by atoms with E-state index in [-0.39, 0.29) is 11.5 Å². The van der Waals surface area contributed by atoms with Crippen molar-refractivity contribution in [3.8, 4) is 0 Å². The van der Waals surface area contributed by atoms with Crippen molar-refractivity contribution in [2.24, 2.45) is 17.1 Å². The van der Waals surface area contributed by atoms with Crippen molar-refractivity contribution >= 4 is 0 Å². The minimum atomic E-state index is 0.236. The SMILES string of the molecule is CC1(C2CC2)C=CC=CC1N. The molecule has 0 spiro atoms. The van der Waals surface area contributed by atoms with Crippen molar-refractivity contribution in [1.82, 2.24) is 0 Å². The van der Waals surface area contributed by atoms with Crippen LogP contribution in [-0.4, -0.2) is 6.04 Å². The van der Waals surface area contributed by atoms with Crippen LogP contribution in [0.25, 0.3) is 0 Å². The molecule has 0 aromatic rings. The number of rotatable bonds is 1. The highest BCUT2D eigenvalue weighted by molar-refractivity contribution is 5.24. The van der Waals surface area contributed by atoms with E-state index in [1.165, 1.54) is 12.8 Å². The minimum absolute atomic E-state index is 0.236. The van der Waals surface area contributed by atoms with Gasteiger partial charge >= 0.3 is 0 Å². The quantitative estimate of drug-likeness (QED) is 0.605. The van der Waals surface area contributed by atoms with Crippen LogP contribution < -0.4 is 5.73 Å². The van der Waals surface area contributed by atoms with E-state index in [9.17, 15) is 0 Å². The van der Waals surface area contributed by atoms with Gasteiger partial charge < -0.3 is 5.73 Å². The van der Waals surface area contributed by atoms with Crippen LogP contribution in [0.1, 0.15) is 19.8 Å². The van der Waals surface area contributed by atoms with Gasteiger partial charge in [-0.15, -0.1) is 0 Å². The molecule has 0 radical (unpaired) electrons.